The van der Waals surface area contributed by atoms with Gasteiger partial charge in [0.25, 0.3) is 0 Å². The van der Waals surface area contributed by atoms with Crippen molar-refractivity contribution in [3.05, 3.63) is 65.1 Å². The molecule has 0 amide bonds. The van der Waals surface area contributed by atoms with E-state index in [9.17, 15) is 28.2 Å². The third-order valence-corrected chi connectivity index (χ3v) is 8.61. The highest BCUT2D eigenvalue weighted by Gasteiger charge is 2.36. The first-order chi connectivity index (χ1) is 18.7. The first-order valence-electron chi connectivity index (χ1n) is 13.0. The van der Waals surface area contributed by atoms with Gasteiger partial charge in [0.2, 0.25) is 0 Å². The third-order valence-electron chi connectivity index (χ3n) is 7.66. The monoisotopic (exact) mass is 562 g/mol. The number of benzene rings is 2. The average Bonchev–Trinajstić information content (AvgIpc) is 2.92. The van der Waals surface area contributed by atoms with Gasteiger partial charge in [-0.1, -0.05) is 0 Å². The summed E-state index contributed by atoms with van der Waals surface area (Å²) in [5, 5.41) is 20.5. The van der Waals surface area contributed by atoms with Crippen LogP contribution in [0.25, 0.3) is 10.9 Å². The van der Waals surface area contributed by atoms with E-state index in [0.29, 0.717) is 29.4 Å². The molecule has 2 heterocycles. The molecule has 10 heteroatoms. The van der Waals surface area contributed by atoms with Crippen molar-refractivity contribution in [1.82, 2.24) is 9.88 Å². The summed E-state index contributed by atoms with van der Waals surface area (Å²) in [6.45, 7) is 2.02. The number of pyridine rings is 1. The maximum Gasteiger partial charge on any atom is 0.303 e. The van der Waals surface area contributed by atoms with Crippen molar-refractivity contribution in [3.8, 4) is 5.75 Å². The summed E-state index contributed by atoms with van der Waals surface area (Å²) in [4.78, 5) is 18.8. The fourth-order valence-corrected chi connectivity index (χ4v) is 6.42. The van der Waals surface area contributed by atoms with Crippen LogP contribution in [0.15, 0.2) is 41.4 Å². The molecule has 6 nitrogen and oxygen atoms in total. The number of fused-ring (bicyclic) bond motifs is 1. The fourth-order valence-electron chi connectivity index (χ4n) is 5.46. The smallest absolute Gasteiger partial charge is 0.303 e. The van der Waals surface area contributed by atoms with Crippen molar-refractivity contribution in [1.29, 1.82) is 0 Å². The number of rotatable bonds is 12. The predicted molar refractivity (Wildman–Crippen MR) is 145 cm³/mol. The number of ether oxygens (including phenoxy) is 1. The molecule has 210 valence electrons. The molecule has 0 bridgehead atoms. The van der Waals surface area contributed by atoms with Crippen molar-refractivity contribution in [3.63, 3.8) is 0 Å². The zero-order valence-electron chi connectivity index (χ0n) is 21.9. The Balaban J connectivity index is 1.36. The van der Waals surface area contributed by atoms with Crippen molar-refractivity contribution < 1.29 is 32.9 Å². The highest BCUT2D eigenvalue weighted by atomic mass is 32.2. The number of hydrogen-bond donors (Lipinski definition) is 2. The molecule has 0 unspecified atom stereocenters. The van der Waals surface area contributed by atoms with E-state index in [1.165, 1.54) is 11.8 Å². The molecule has 0 radical (unpaired) electrons. The van der Waals surface area contributed by atoms with Gasteiger partial charge in [0, 0.05) is 28.8 Å². The van der Waals surface area contributed by atoms with E-state index in [0.717, 1.165) is 72.9 Å². The number of carboxylic acids is 1. The quantitative estimate of drug-likeness (QED) is 0.213. The molecule has 0 atom stereocenters. The highest BCUT2D eigenvalue weighted by molar-refractivity contribution is 7.99. The minimum Gasteiger partial charge on any atom is -0.497 e. The number of methoxy groups -OCH3 is 1. The molecule has 0 spiro atoms. The molecule has 39 heavy (non-hydrogen) atoms. The molecule has 1 aliphatic rings. The Bertz CT molecular complexity index is 1290. The van der Waals surface area contributed by atoms with Gasteiger partial charge in [0.15, 0.2) is 17.5 Å². The molecule has 2 aromatic carbocycles. The van der Waals surface area contributed by atoms with Crippen LogP contribution in [0.4, 0.5) is 13.2 Å². The second kappa shape index (κ2) is 13.0. The molecule has 1 aromatic heterocycles. The SMILES string of the molecule is COc1ccc2ncc(CO)c(CCCC3(CC(=O)O)CCN(CCSc4cc(F)c(F)c(F)c4)CC3)c2c1. The Morgan fingerprint density at radius 1 is 1.15 bits per heavy atom. The number of aliphatic hydroxyl groups is 1. The van der Waals surface area contributed by atoms with E-state index in [4.69, 9.17) is 4.74 Å². The summed E-state index contributed by atoms with van der Waals surface area (Å²) >= 11 is 1.26. The standard InChI is InChI=1S/C29H33F3N2O4S/c1-38-20-4-5-26-23(13-20)22(19(18-35)17-33-26)3-2-6-29(16-27(36)37)7-9-34(10-8-29)11-12-39-21-14-24(30)28(32)25(31)15-21/h4-5,13-15,17,35H,2-3,6-12,16,18H2,1H3,(H,36,37). The number of thioether (sulfide) groups is 1. The van der Waals surface area contributed by atoms with Crippen LogP contribution < -0.4 is 4.74 Å². The first-order valence-corrected chi connectivity index (χ1v) is 14.0. The lowest BCUT2D eigenvalue weighted by Crippen LogP contribution is -2.42. The summed E-state index contributed by atoms with van der Waals surface area (Å²) in [7, 11) is 1.60. The lowest BCUT2D eigenvalue weighted by Gasteiger charge is -2.41. The lowest BCUT2D eigenvalue weighted by atomic mass is 9.72. The number of carboxylic acid groups (broad SMARTS) is 1. The normalized spacial score (nSPS) is 15.5. The summed E-state index contributed by atoms with van der Waals surface area (Å²) in [5.74, 6) is -3.37. The summed E-state index contributed by atoms with van der Waals surface area (Å²) in [6, 6.07) is 7.67. The van der Waals surface area contributed by atoms with Gasteiger partial charge >= 0.3 is 5.97 Å². The predicted octanol–water partition coefficient (Wildman–Crippen LogP) is 5.82. The number of piperidine rings is 1. The Hall–Kier alpha value is -2.82. The van der Waals surface area contributed by atoms with Gasteiger partial charge < -0.3 is 19.8 Å². The van der Waals surface area contributed by atoms with Crippen LogP contribution >= 0.6 is 11.8 Å². The molecule has 3 aromatic rings. The van der Waals surface area contributed by atoms with Crippen LogP contribution in [0.1, 0.15) is 43.2 Å². The Kier molecular flexibility index (Phi) is 9.74. The van der Waals surface area contributed by atoms with Crippen LogP contribution in [0.5, 0.6) is 5.75 Å². The minimum absolute atomic E-state index is 0.0987. The largest absolute Gasteiger partial charge is 0.497 e. The second-order valence-corrected chi connectivity index (χ2v) is 11.3. The van der Waals surface area contributed by atoms with Crippen LogP contribution in [0, 0.1) is 22.9 Å². The highest BCUT2D eigenvalue weighted by Crippen LogP contribution is 2.40. The van der Waals surface area contributed by atoms with E-state index in [-0.39, 0.29) is 18.4 Å². The van der Waals surface area contributed by atoms with Gasteiger partial charge in [-0.2, -0.15) is 0 Å². The number of aryl methyl sites for hydroxylation is 1. The van der Waals surface area contributed by atoms with E-state index in [1.807, 2.05) is 18.2 Å². The number of hydrogen-bond acceptors (Lipinski definition) is 6. The van der Waals surface area contributed by atoms with E-state index in [1.54, 1.807) is 13.3 Å². The summed E-state index contributed by atoms with van der Waals surface area (Å²) in [6.07, 6.45) is 5.48. The van der Waals surface area contributed by atoms with Crippen molar-refractivity contribution in [2.75, 3.05) is 32.5 Å². The number of aliphatic carboxylic acids is 1. The summed E-state index contributed by atoms with van der Waals surface area (Å²) < 4.78 is 45.5. The van der Waals surface area contributed by atoms with E-state index >= 15 is 0 Å². The number of halogens is 3. The molecular weight excluding hydrogens is 529 g/mol. The van der Waals surface area contributed by atoms with Crippen LogP contribution in [0.3, 0.4) is 0 Å². The molecule has 0 aliphatic carbocycles. The molecule has 4 rings (SSSR count). The van der Waals surface area contributed by atoms with Gasteiger partial charge in [0.1, 0.15) is 5.75 Å². The number of aromatic nitrogens is 1. The van der Waals surface area contributed by atoms with Crippen LogP contribution in [-0.2, 0) is 17.8 Å². The van der Waals surface area contributed by atoms with E-state index < -0.39 is 23.4 Å². The fraction of sp³-hybridized carbons (Fsp3) is 0.448. The Morgan fingerprint density at radius 2 is 1.87 bits per heavy atom. The molecular formula is C29H33F3N2O4S. The average molecular weight is 563 g/mol. The van der Waals surface area contributed by atoms with Crippen molar-refractivity contribution >= 4 is 28.6 Å². The molecule has 0 saturated carbocycles. The second-order valence-electron chi connectivity index (χ2n) is 10.1. The number of aliphatic hydroxyl groups excluding tert-OH is 1. The zero-order chi connectivity index (χ0) is 28.0. The maximum absolute atomic E-state index is 13.5. The van der Waals surface area contributed by atoms with Gasteiger partial charge in [-0.3, -0.25) is 9.78 Å². The Labute approximate surface area is 230 Å². The molecule has 1 saturated heterocycles. The van der Waals surface area contributed by atoms with Crippen molar-refractivity contribution in [2.45, 2.75) is 50.0 Å². The number of nitrogens with zero attached hydrogens (tertiary/aromatic N) is 2. The van der Waals surface area contributed by atoms with Crippen molar-refractivity contribution in [2.24, 2.45) is 5.41 Å². The summed E-state index contributed by atoms with van der Waals surface area (Å²) in [5.41, 5.74) is 2.27. The van der Waals surface area contributed by atoms with E-state index in [2.05, 4.69) is 9.88 Å². The van der Waals surface area contributed by atoms with Gasteiger partial charge in [0.05, 0.1) is 25.7 Å². The van der Waals surface area contributed by atoms with Gasteiger partial charge in [-0.25, -0.2) is 13.2 Å². The number of carbonyl (C=O) groups is 1. The zero-order valence-corrected chi connectivity index (χ0v) is 22.7. The van der Waals surface area contributed by atoms with Gasteiger partial charge in [-0.05, 0) is 92.1 Å². The topological polar surface area (TPSA) is 82.9 Å². The minimum atomic E-state index is -1.46. The molecule has 2 N–H and O–H groups in total. The number of likely N-dealkylation sites (tertiary alicyclic amines) is 1. The van der Waals surface area contributed by atoms with Crippen LogP contribution in [0.2, 0.25) is 0 Å². The van der Waals surface area contributed by atoms with Gasteiger partial charge in [-0.15, -0.1) is 11.8 Å². The van der Waals surface area contributed by atoms with Crippen LogP contribution in [-0.4, -0.2) is 58.6 Å². The molecule has 1 aliphatic heterocycles. The maximum atomic E-state index is 13.5. The third kappa shape index (κ3) is 7.23. The lowest BCUT2D eigenvalue weighted by molar-refractivity contribution is -0.140. The molecule has 1 fully saturated rings. The Morgan fingerprint density at radius 3 is 2.51 bits per heavy atom. The first kappa shape index (κ1) is 29.2.